The van der Waals surface area contributed by atoms with Crippen molar-refractivity contribution in [3.05, 3.63) is 29.3 Å². The Labute approximate surface area is 108 Å². The van der Waals surface area contributed by atoms with Crippen LogP contribution in [0.2, 0.25) is 0 Å². The van der Waals surface area contributed by atoms with Gasteiger partial charge in [0.25, 0.3) is 11.8 Å². The predicted molar refractivity (Wildman–Crippen MR) is 66.0 cm³/mol. The fourth-order valence-corrected chi connectivity index (χ4v) is 1.68. The lowest BCUT2D eigenvalue weighted by atomic mass is 10.1. The van der Waals surface area contributed by atoms with Crippen molar-refractivity contribution in [1.82, 2.24) is 10.6 Å². The van der Waals surface area contributed by atoms with Gasteiger partial charge < -0.3 is 10.6 Å². The van der Waals surface area contributed by atoms with Gasteiger partial charge in [0.2, 0.25) is 0 Å². The fraction of sp³-hybridized carbons (Fsp3) is 0.182. The van der Waals surface area contributed by atoms with E-state index in [2.05, 4.69) is 16.0 Å². The Morgan fingerprint density at radius 3 is 2.67 bits per heavy atom. The Kier molecular flexibility index (Phi) is 3.47. The number of imide groups is 1. The zero-order valence-electron chi connectivity index (χ0n) is 9.25. The average Bonchev–Trinajstić information content (AvgIpc) is 2.62. The SMILES string of the molecule is O=C(NCCCl)Nc1ccc2c(c1)C(=O)NC2=O. The second-order valence-electron chi connectivity index (χ2n) is 3.61. The number of fused-ring (bicyclic) bond motifs is 1. The highest BCUT2D eigenvalue weighted by Crippen LogP contribution is 2.20. The average molecular weight is 268 g/mol. The summed E-state index contributed by atoms with van der Waals surface area (Å²) in [6.45, 7) is 0.345. The van der Waals surface area contributed by atoms with Gasteiger partial charge in [0.15, 0.2) is 0 Å². The summed E-state index contributed by atoms with van der Waals surface area (Å²) in [6, 6.07) is 4.08. The lowest BCUT2D eigenvalue weighted by Crippen LogP contribution is -2.30. The first-order valence-corrected chi connectivity index (χ1v) is 5.76. The van der Waals surface area contributed by atoms with Crippen LogP contribution in [0.4, 0.5) is 10.5 Å². The fourth-order valence-electron chi connectivity index (χ4n) is 1.58. The van der Waals surface area contributed by atoms with Crippen molar-refractivity contribution < 1.29 is 14.4 Å². The summed E-state index contributed by atoms with van der Waals surface area (Å²) in [5.74, 6) is -0.568. The minimum absolute atomic E-state index is 0.259. The summed E-state index contributed by atoms with van der Waals surface area (Å²) in [6.07, 6.45) is 0. The van der Waals surface area contributed by atoms with E-state index in [1.807, 2.05) is 0 Å². The van der Waals surface area contributed by atoms with E-state index in [1.54, 1.807) is 6.07 Å². The van der Waals surface area contributed by atoms with Crippen LogP contribution in [0.15, 0.2) is 18.2 Å². The Morgan fingerprint density at radius 1 is 1.22 bits per heavy atom. The highest BCUT2D eigenvalue weighted by Gasteiger charge is 2.26. The van der Waals surface area contributed by atoms with Crippen LogP contribution in [0.5, 0.6) is 0 Å². The molecule has 6 nitrogen and oxygen atoms in total. The summed E-state index contributed by atoms with van der Waals surface area (Å²) >= 11 is 5.43. The molecule has 4 amide bonds. The van der Waals surface area contributed by atoms with Gasteiger partial charge in [-0.15, -0.1) is 11.6 Å². The van der Waals surface area contributed by atoms with Crippen LogP contribution < -0.4 is 16.0 Å². The third-order valence-electron chi connectivity index (χ3n) is 2.37. The number of rotatable bonds is 3. The number of nitrogens with one attached hydrogen (secondary N) is 3. The van der Waals surface area contributed by atoms with E-state index < -0.39 is 17.8 Å². The molecule has 1 heterocycles. The Hall–Kier alpha value is -2.08. The molecule has 0 saturated carbocycles. The molecule has 7 heteroatoms. The molecule has 0 aromatic heterocycles. The van der Waals surface area contributed by atoms with Crippen molar-refractivity contribution in [3.8, 4) is 0 Å². The number of halogens is 1. The summed E-state index contributed by atoms with van der Waals surface area (Å²) in [7, 11) is 0. The molecule has 0 bridgehead atoms. The number of anilines is 1. The lowest BCUT2D eigenvalue weighted by Gasteiger charge is -2.06. The minimum atomic E-state index is -0.459. The first kappa shape index (κ1) is 12.4. The quantitative estimate of drug-likeness (QED) is 0.562. The van der Waals surface area contributed by atoms with Gasteiger partial charge in [0, 0.05) is 18.1 Å². The van der Waals surface area contributed by atoms with Crippen molar-refractivity contribution in [2.75, 3.05) is 17.7 Å². The molecule has 94 valence electrons. The van der Waals surface area contributed by atoms with Crippen LogP contribution in [0, 0.1) is 0 Å². The number of benzene rings is 1. The number of hydrogen-bond acceptors (Lipinski definition) is 3. The summed E-state index contributed by atoms with van der Waals surface area (Å²) in [5.41, 5.74) is 1.01. The van der Waals surface area contributed by atoms with Crippen LogP contribution in [0.3, 0.4) is 0 Å². The van der Waals surface area contributed by atoms with E-state index in [0.717, 1.165) is 0 Å². The van der Waals surface area contributed by atoms with Gasteiger partial charge >= 0.3 is 6.03 Å². The number of urea groups is 1. The number of amides is 4. The van der Waals surface area contributed by atoms with Crippen LogP contribution in [-0.2, 0) is 0 Å². The normalized spacial score (nSPS) is 12.9. The molecule has 1 aliphatic rings. The summed E-state index contributed by atoms with van der Waals surface area (Å²) in [5, 5.41) is 7.23. The second-order valence-corrected chi connectivity index (χ2v) is 3.99. The second kappa shape index (κ2) is 5.05. The van der Waals surface area contributed by atoms with Gasteiger partial charge in [0.1, 0.15) is 0 Å². The molecule has 3 N–H and O–H groups in total. The predicted octanol–water partition coefficient (Wildman–Crippen LogP) is 0.930. The summed E-state index contributed by atoms with van der Waals surface area (Å²) < 4.78 is 0. The zero-order chi connectivity index (χ0) is 13.1. The lowest BCUT2D eigenvalue weighted by molar-refractivity contribution is 0.0879. The molecule has 0 aliphatic carbocycles. The smallest absolute Gasteiger partial charge is 0.319 e. The number of carbonyl (C=O) groups is 3. The van der Waals surface area contributed by atoms with Crippen molar-refractivity contribution in [3.63, 3.8) is 0 Å². The van der Waals surface area contributed by atoms with E-state index in [1.165, 1.54) is 12.1 Å². The Balaban J connectivity index is 2.13. The molecule has 0 spiro atoms. The van der Waals surface area contributed by atoms with Crippen molar-refractivity contribution in [1.29, 1.82) is 0 Å². The molecule has 0 fully saturated rings. The molecule has 1 aliphatic heterocycles. The van der Waals surface area contributed by atoms with E-state index >= 15 is 0 Å². The van der Waals surface area contributed by atoms with Crippen LogP contribution in [0.1, 0.15) is 20.7 Å². The molecule has 0 radical (unpaired) electrons. The third kappa shape index (κ3) is 2.43. The first-order chi connectivity index (χ1) is 8.61. The molecule has 2 rings (SSSR count). The molecule has 1 aromatic carbocycles. The standard InChI is InChI=1S/C11H10ClN3O3/c12-3-4-13-11(18)14-6-1-2-7-8(5-6)10(17)15-9(7)16/h1-2,5H,3-4H2,(H2,13,14,18)(H,15,16,17). The monoisotopic (exact) mass is 267 g/mol. The highest BCUT2D eigenvalue weighted by molar-refractivity contribution is 6.22. The van der Waals surface area contributed by atoms with Gasteiger partial charge in [-0.3, -0.25) is 14.9 Å². The van der Waals surface area contributed by atoms with Crippen LogP contribution >= 0.6 is 11.6 Å². The number of hydrogen-bond donors (Lipinski definition) is 3. The van der Waals surface area contributed by atoms with Gasteiger partial charge in [-0.2, -0.15) is 0 Å². The maximum absolute atomic E-state index is 11.4. The highest BCUT2D eigenvalue weighted by atomic mass is 35.5. The van der Waals surface area contributed by atoms with Crippen LogP contribution in [0.25, 0.3) is 0 Å². The molecule has 0 saturated heterocycles. The zero-order valence-corrected chi connectivity index (χ0v) is 10.0. The molecule has 1 aromatic rings. The molecule has 0 atom stereocenters. The van der Waals surface area contributed by atoms with Gasteiger partial charge in [-0.25, -0.2) is 4.79 Å². The van der Waals surface area contributed by atoms with Gasteiger partial charge in [-0.1, -0.05) is 0 Å². The number of carbonyl (C=O) groups excluding carboxylic acids is 3. The Bertz CT molecular complexity index is 530. The maximum atomic E-state index is 11.4. The van der Waals surface area contributed by atoms with Crippen molar-refractivity contribution in [2.24, 2.45) is 0 Å². The maximum Gasteiger partial charge on any atom is 0.319 e. The van der Waals surface area contributed by atoms with Crippen molar-refractivity contribution >= 4 is 35.1 Å². The van der Waals surface area contributed by atoms with Crippen molar-refractivity contribution in [2.45, 2.75) is 0 Å². The molecule has 0 unspecified atom stereocenters. The molecule has 18 heavy (non-hydrogen) atoms. The molecular weight excluding hydrogens is 258 g/mol. The largest absolute Gasteiger partial charge is 0.337 e. The topological polar surface area (TPSA) is 87.3 Å². The van der Waals surface area contributed by atoms with Gasteiger partial charge in [0.05, 0.1) is 11.1 Å². The van der Waals surface area contributed by atoms with E-state index in [9.17, 15) is 14.4 Å². The third-order valence-corrected chi connectivity index (χ3v) is 2.56. The Morgan fingerprint density at radius 2 is 1.94 bits per heavy atom. The first-order valence-electron chi connectivity index (χ1n) is 5.22. The minimum Gasteiger partial charge on any atom is -0.337 e. The van der Waals surface area contributed by atoms with Crippen LogP contribution in [-0.4, -0.2) is 30.3 Å². The van der Waals surface area contributed by atoms with E-state index in [4.69, 9.17) is 11.6 Å². The van der Waals surface area contributed by atoms with E-state index in [-0.39, 0.29) is 5.56 Å². The van der Waals surface area contributed by atoms with Gasteiger partial charge in [-0.05, 0) is 18.2 Å². The number of alkyl halides is 1. The molecular formula is C11H10ClN3O3. The van der Waals surface area contributed by atoms with E-state index in [0.29, 0.717) is 23.7 Å². The summed E-state index contributed by atoms with van der Waals surface area (Å²) in [4.78, 5) is 34.1.